The largest absolute Gasteiger partial charge is 0.0993 e. The molecule has 0 saturated heterocycles. The van der Waals surface area contributed by atoms with E-state index in [1.807, 2.05) is 0 Å². The molecule has 19 heavy (non-hydrogen) atoms. The zero-order valence-corrected chi connectivity index (χ0v) is 12.8. The Balaban J connectivity index is 1.47. The van der Waals surface area contributed by atoms with Crippen LogP contribution in [0, 0.1) is 10.8 Å². The Morgan fingerprint density at radius 2 is 1.00 bits per heavy atom. The lowest BCUT2D eigenvalue weighted by Crippen LogP contribution is -2.04. The second kappa shape index (κ2) is 5.62. The SMILES string of the molecule is C=C1CC12CCCCCCC1(CCCCCC2)CC1. The van der Waals surface area contributed by atoms with E-state index in [2.05, 4.69) is 6.58 Å². The van der Waals surface area contributed by atoms with E-state index in [1.165, 1.54) is 70.6 Å². The molecule has 0 atom stereocenters. The molecular weight excluding hydrogens is 228 g/mol. The molecule has 0 aromatic rings. The Hall–Kier alpha value is -0.260. The van der Waals surface area contributed by atoms with Crippen molar-refractivity contribution in [3.8, 4) is 0 Å². The summed E-state index contributed by atoms with van der Waals surface area (Å²) in [4.78, 5) is 0. The summed E-state index contributed by atoms with van der Waals surface area (Å²) in [5.41, 5.74) is 3.05. The van der Waals surface area contributed by atoms with Crippen molar-refractivity contribution in [2.24, 2.45) is 10.8 Å². The molecule has 3 fully saturated rings. The van der Waals surface area contributed by atoms with Gasteiger partial charge in [0.15, 0.2) is 0 Å². The van der Waals surface area contributed by atoms with E-state index < -0.39 is 0 Å². The quantitative estimate of drug-likeness (QED) is 0.442. The van der Waals surface area contributed by atoms with Crippen LogP contribution in [-0.4, -0.2) is 0 Å². The van der Waals surface area contributed by atoms with E-state index in [-0.39, 0.29) is 0 Å². The van der Waals surface area contributed by atoms with Crippen LogP contribution in [0.3, 0.4) is 0 Å². The molecule has 0 radical (unpaired) electrons. The van der Waals surface area contributed by atoms with Gasteiger partial charge in [0.05, 0.1) is 0 Å². The van der Waals surface area contributed by atoms with Crippen LogP contribution in [0.25, 0.3) is 0 Å². The van der Waals surface area contributed by atoms with Crippen molar-refractivity contribution in [2.75, 3.05) is 0 Å². The van der Waals surface area contributed by atoms with Gasteiger partial charge in [0.1, 0.15) is 0 Å². The zero-order valence-electron chi connectivity index (χ0n) is 12.8. The molecule has 0 heteroatoms. The monoisotopic (exact) mass is 260 g/mol. The molecule has 3 rings (SSSR count). The third-order valence-corrected chi connectivity index (χ3v) is 6.36. The van der Waals surface area contributed by atoms with Crippen LogP contribution in [0.1, 0.15) is 96.3 Å². The van der Waals surface area contributed by atoms with Gasteiger partial charge in [-0.05, 0) is 55.8 Å². The van der Waals surface area contributed by atoms with E-state index in [0.29, 0.717) is 5.41 Å². The summed E-state index contributed by atoms with van der Waals surface area (Å²) in [7, 11) is 0. The highest BCUT2D eigenvalue weighted by Gasteiger charge is 2.45. The number of allylic oxidation sites excluding steroid dienone is 1. The number of rotatable bonds is 0. The molecule has 0 heterocycles. The molecule has 108 valence electrons. The lowest BCUT2D eigenvalue weighted by Gasteiger charge is -2.18. The van der Waals surface area contributed by atoms with Crippen LogP contribution in [0.5, 0.6) is 0 Å². The maximum absolute atomic E-state index is 4.27. The summed E-state index contributed by atoms with van der Waals surface area (Å²) < 4.78 is 0. The van der Waals surface area contributed by atoms with Crippen LogP contribution in [0.15, 0.2) is 12.2 Å². The fourth-order valence-corrected chi connectivity index (χ4v) is 4.46. The predicted octanol–water partition coefficient (Wildman–Crippen LogP) is 6.41. The van der Waals surface area contributed by atoms with Gasteiger partial charge < -0.3 is 0 Å². The Morgan fingerprint density at radius 3 is 1.37 bits per heavy atom. The van der Waals surface area contributed by atoms with Crippen molar-refractivity contribution in [3.05, 3.63) is 12.2 Å². The summed E-state index contributed by atoms with van der Waals surface area (Å²) in [6, 6.07) is 0. The van der Waals surface area contributed by atoms with Gasteiger partial charge in [-0.2, -0.15) is 0 Å². The molecule has 0 aromatic carbocycles. The standard InChI is InChI=1S/C19H32/c1-17-16-19(17)12-8-4-2-6-10-18(14-15-18)11-7-3-5-9-13-19/h1-16H2. The number of hydrogen-bond acceptors (Lipinski definition) is 0. The average Bonchev–Trinajstić information content (AvgIpc) is 3.28. The molecule has 0 bridgehead atoms. The van der Waals surface area contributed by atoms with Crippen LogP contribution >= 0.6 is 0 Å². The highest BCUT2D eigenvalue weighted by molar-refractivity contribution is 5.29. The molecule has 2 spiro atoms. The Kier molecular flexibility index (Phi) is 4.06. The minimum atomic E-state index is 0.627. The van der Waals surface area contributed by atoms with Gasteiger partial charge in [-0.15, -0.1) is 0 Å². The highest BCUT2D eigenvalue weighted by Crippen LogP contribution is 2.58. The van der Waals surface area contributed by atoms with Crippen molar-refractivity contribution < 1.29 is 0 Å². The first-order valence-electron chi connectivity index (χ1n) is 8.93. The Morgan fingerprint density at radius 1 is 0.579 bits per heavy atom. The minimum Gasteiger partial charge on any atom is -0.0993 e. The topological polar surface area (TPSA) is 0 Å². The Labute approximate surface area is 120 Å². The van der Waals surface area contributed by atoms with Crippen molar-refractivity contribution >= 4 is 0 Å². The fourth-order valence-electron chi connectivity index (χ4n) is 4.46. The van der Waals surface area contributed by atoms with Crippen molar-refractivity contribution in [1.29, 1.82) is 0 Å². The summed E-state index contributed by atoms with van der Waals surface area (Å²) in [5, 5.41) is 0. The summed E-state index contributed by atoms with van der Waals surface area (Å²) in [6.45, 7) is 4.27. The predicted molar refractivity (Wildman–Crippen MR) is 83.3 cm³/mol. The average molecular weight is 260 g/mol. The third-order valence-electron chi connectivity index (χ3n) is 6.36. The van der Waals surface area contributed by atoms with Crippen LogP contribution in [0.2, 0.25) is 0 Å². The van der Waals surface area contributed by atoms with Gasteiger partial charge in [-0.3, -0.25) is 0 Å². The first kappa shape index (κ1) is 13.7. The normalized spacial score (nSPS) is 31.1. The molecule has 3 aliphatic carbocycles. The minimum absolute atomic E-state index is 0.627. The molecule has 0 amide bonds. The first-order chi connectivity index (χ1) is 9.25. The van der Waals surface area contributed by atoms with Gasteiger partial charge >= 0.3 is 0 Å². The maximum Gasteiger partial charge on any atom is -0.00532 e. The molecular formula is C19H32. The van der Waals surface area contributed by atoms with Gasteiger partial charge in [0.2, 0.25) is 0 Å². The maximum atomic E-state index is 4.27. The molecule has 3 saturated carbocycles. The fraction of sp³-hybridized carbons (Fsp3) is 0.895. The van der Waals surface area contributed by atoms with Gasteiger partial charge in [0, 0.05) is 0 Å². The molecule has 0 aliphatic heterocycles. The van der Waals surface area contributed by atoms with E-state index in [4.69, 9.17) is 0 Å². The lowest BCUT2D eigenvalue weighted by molar-refractivity contribution is 0.357. The van der Waals surface area contributed by atoms with Crippen molar-refractivity contribution in [3.63, 3.8) is 0 Å². The highest BCUT2D eigenvalue weighted by atomic mass is 14.5. The first-order valence-corrected chi connectivity index (χ1v) is 8.93. The van der Waals surface area contributed by atoms with E-state index in [9.17, 15) is 0 Å². The molecule has 3 aliphatic rings. The molecule has 0 aromatic heterocycles. The summed E-state index contributed by atoms with van der Waals surface area (Å²) in [5.74, 6) is 0. The van der Waals surface area contributed by atoms with Gasteiger partial charge in [0.25, 0.3) is 0 Å². The second-order valence-electron chi connectivity index (χ2n) is 7.89. The summed E-state index contributed by atoms with van der Waals surface area (Å²) in [6.07, 6.45) is 22.3. The van der Waals surface area contributed by atoms with Crippen LogP contribution in [-0.2, 0) is 0 Å². The zero-order chi connectivity index (χ0) is 13.2. The molecule has 0 unspecified atom stereocenters. The van der Waals surface area contributed by atoms with E-state index in [1.54, 1.807) is 31.3 Å². The third kappa shape index (κ3) is 3.44. The van der Waals surface area contributed by atoms with E-state index >= 15 is 0 Å². The number of hydrogen-bond donors (Lipinski definition) is 0. The molecule has 0 nitrogen and oxygen atoms in total. The van der Waals surface area contributed by atoms with Crippen molar-refractivity contribution in [2.45, 2.75) is 96.3 Å². The molecule has 0 N–H and O–H groups in total. The Bertz CT molecular complexity index is 303. The smallest absolute Gasteiger partial charge is 0.00532 e. The van der Waals surface area contributed by atoms with Gasteiger partial charge in [-0.25, -0.2) is 0 Å². The summed E-state index contributed by atoms with van der Waals surface area (Å²) >= 11 is 0. The van der Waals surface area contributed by atoms with Gasteiger partial charge in [-0.1, -0.05) is 63.5 Å². The van der Waals surface area contributed by atoms with Crippen LogP contribution < -0.4 is 0 Å². The van der Waals surface area contributed by atoms with Crippen molar-refractivity contribution in [1.82, 2.24) is 0 Å². The van der Waals surface area contributed by atoms with E-state index in [0.717, 1.165) is 5.41 Å². The lowest BCUT2D eigenvalue weighted by atomic mass is 9.87. The second-order valence-corrected chi connectivity index (χ2v) is 7.89. The van der Waals surface area contributed by atoms with Crippen LogP contribution in [0.4, 0.5) is 0 Å².